The van der Waals surface area contributed by atoms with E-state index >= 15 is 0 Å². The predicted molar refractivity (Wildman–Crippen MR) is 137 cm³/mol. The number of fused-ring (bicyclic) bond motifs is 5. The fourth-order valence-electron chi connectivity index (χ4n) is 4.48. The van der Waals surface area contributed by atoms with E-state index in [1.54, 1.807) is 6.20 Å². The van der Waals surface area contributed by atoms with E-state index in [0.29, 0.717) is 12.8 Å². The van der Waals surface area contributed by atoms with Gasteiger partial charge in [-0.3, -0.25) is 9.36 Å². The molecule has 1 aliphatic rings. The normalized spacial score (nSPS) is 11.5. The van der Waals surface area contributed by atoms with Crippen molar-refractivity contribution in [3.05, 3.63) is 108 Å². The molecular formula is C29H23N5O. The molecule has 0 fully saturated rings. The van der Waals surface area contributed by atoms with Crippen LogP contribution in [0.3, 0.4) is 0 Å². The van der Waals surface area contributed by atoms with Gasteiger partial charge in [-0.15, -0.1) is 10.2 Å². The molecular weight excluding hydrogens is 434 g/mol. The monoisotopic (exact) mass is 457 g/mol. The predicted octanol–water partition coefficient (Wildman–Crippen LogP) is 5.80. The molecule has 6 heteroatoms. The molecule has 3 heterocycles. The highest BCUT2D eigenvalue weighted by Crippen LogP contribution is 2.38. The topological polar surface area (TPSA) is 72.7 Å². The lowest BCUT2D eigenvalue weighted by Gasteiger charge is -2.11. The number of rotatable bonds is 6. The van der Waals surface area contributed by atoms with Gasteiger partial charge in [0.25, 0.3) is 0 Å². The van der Waals surface area contributed by atoms with Crippen LogP contribution in [0.1, 0.15) is 17.5 Å². The van der Waals surface area contributed by atoms with Crippen LogP contribution in [0.4, 0.5) is 11.5 Å². The largest absolute Gasteiger partial charge is 0.338 e. The Hall–Kier alpha value is -4.58. The van der Waals surface area contributed by atoms with E-state index in [4.69, 9.17) is 0 Å². The van der Waals surface area contributed by atoms with E-state index in [9.17, 15) is 4.79 Å². The number of aromatic nitrogens is 4. The Labute approximate surface area is 203 Å². The molecule has 5 aromatic rings. The van der Waals surface area contributed by atoms with Crippen molar-refractivity contribution in [2.45, 2.75) is 19.3 Å². The first kappa shape index (κ1) is 21.0. The molecule has 35 heavy (non-hydrogen) atoms. The molecule has 1 aliphatic heterocycles. The van der Waals surface area contributed by atoms with Crippen LogP contribution in [-0.2, 0) is 17.6 Å². The molecule has 0 atom stereocenters. The molecule has 0 saturated carbocycles. The van der Waals surface area contributed by atoms with Crippen LogP contribution in [0, 0.1) is 0 Å². The van der Waals surface area contributed by atoms with Crippen molar-refractivity contribution < 1.29 is 4.79 Å². The number of hydrogen-bond acceptors (Lipinski definition) is 5. The van der Waals surface area contributed by atoms with Gasteiger partial charge in [0.15, 0.2) is 17.5 Å². The van der Waals surface area contributed by atoms with Crippen LogP contribution in [0.15, 0.2) is 97.2 Å². The van der Waals surface area contributed by atoms with Crippen LogP contribution < -0.4 is 5.32 Å². The first-order valence-corrected chi connectivity index (χ1v) is 11.7. The summed E-state index contributed by atoms with van der Waals surface area (Å²) in [6.45, 7) is 0. The number of hydrogen-bond donors (Lipinski definition) is 1. The van der Waals surface area contributed by atoms with Gasteiger partial charge in [-0.25, -0.2) is 4.98 Å². The number of carbonyl (C=O) groups excluding carboxylic acids is 1. The Morgan fingerprint density at radius 2 is 1.54 bits per heavy atom. The number of ketones is 1. The number of nitrogens with zero attached hydrogens (tertiary/aromatic N) is 4. The fraction of sp³-hybridized carbons (Fsp3) is 0.103. The summed E-state index contributed by atoms with van der Waals surface area (Å²) in [5, 5.41) is 12.5. The van der Waals surface area contributed by atoms with Gasteiger partial charge in [0.2, 0.25) is 0 Å². The van der Waals surface area contributed by atoms with Crippen LogP contribution in [0.25, 0.3) is 28.5 Å². The number of para-hydroxylation sites is 1. The second-order valence-electron chi connectivity index (χ2n) is 8.62. The average molecular weight is 458 g/mol. The van der Waals surface area contributed by atoms with Gasteiger partial charge in [-0.05, 0) is 41.8 Å². The van der Waals surface area contributed by atoms with Gasteiger partial charge in [0.05, 0.1) is 11.4 Å². The lowest BCUT2D eigenvalue weighted by Crippen LogP contribution is -2.05. The van der Waals surface area contributed by atoms with Gasteiger partial charge < -0.3 is 5.32 Å². The quantitative estimate of drug-likeness (QED) is 0.342. The number of aryl methyl sites for hydroxylation is 1. The van der Waals surface area contributed by atoms with Crippen molar-refractivity contribution in [2.24, 2.45) is 0 Å². The number of benzene rings is 3. The van der Waals surface area contributed by atoms with Crippen LogP contribution >= 0.6 is 0 Å². The third-order valence-electron chi connectivity index (χ3n) is 6.26. The zero-order chi connectivity index (χ0) is 23.6. The maximum Gasteiger partial charge on any atom is 0.171 e. The zero-order valence-corrected chi connectivity index (χ0v) is 19.1. The van der Waals surface area contributed by atoms with E-state index in [1.165, 1.54) is 5.56 Å². The molecule has 6 nitrogen and oxygen atoms in total. The summed E-state index contributed by atoms with van der Waals surface area (Å²) in [6, 6.07) is 30.1. The highest BCUT2D eigenvalue weighted by molar-refractivity contribution is 5.85. The second-order valence-corrected chi connectivity index (χ2v) is 8.62. The van der Waals surface area contributed by atoms with Crippen molar-refractivity contribution in [1.29, 1.82) is 0 Å². The van der Waals surface area contributed by atoms with Crippen molar-refractivity contribution in [3.63, 3.8) is 0 Å². The minimum atomic E-state index is 0.237. The smallest absolute Gasteiger partial charge is 0.171 e. The van der Waals surface area contributed by atoms with Crippen LogP contribution in [-0.4, -0.2) is 25.5 Å². The standard InChI is InChI=1S/C29H23N5O/c35-23(17-14-20-7-2-1-3-8-20)19-21-12-15-22(16-13-21)28-32-33-29-24-9-4-5-10-25(24)31-27-26(34(28)29)11-6-18-30-27/h1-13,15-16,18H,14,17,19H2,(H,30,31). The maximum absolute atomic E-state index is 12.5. The van der Waals surface area contributed by atoms with E-state index in [-0.39, 0.29) is 5.78 Å². The molecule has 6 rings (SSSR count). The SMILES string of the molecule is O=C(CCc1ccccc1)Cc1ccc(-c2nnc3n2-c2cccnc2Nc2ccccc2-3)cc1. The minimum Gasteiger partial charge on any atom is -0.338 e. The third kappa shape index (κ3) is 4.10. The molecule has 0 amide bonds. The Morgan fingerprint density at radius 3 is 2.40 bits per heavy atom. The maximum atomic E-state index is 12.5. The van der Waals surface area contributed by atoms with Gasteiger partial charge in [-0.1, -0.05) is 66.7 Å². The molecule has 0 saturated heterocycles. The van der Waals surface area contributed by atoms with E-state index in [2.05, 4.69) is 32.6 Å². The molecule has 0 aliphatic carbocycles. The van der Waals surface area contributed by atoms with E-state index in [0.717, 1.165) is 52.0 Å². The molecule has 0 bridgehead atoms. The van der Waals surface area contributed by atoms with Crippen molar-refractivity contribution in [1.82, 2.24) is 19.7 Å². The number of Topliss-reactive ketones (excluding diaryl/α,β-unsaturated/α-hetero) is 1. The molecule has 0 unspecified atom stereocenters. The first-order chi connectivity index (χ1) is 17.3. The van der Waals surface area contributed by atoms with Crippen molar-refractivity contribution in [2.75, 3.05) is 5.32 Å². The van der Waals surface area contributed by atoms with E-state index in [1.807, 2.05) is 83.4 Å². The second kappa shape index (κ2) is 8.99. The molecule has 0 spiro atoms. The average Bonchev–Trinajstić information content (AvgIpc) is 3.28. The summed E-state index contributed by atoms with van der Waals surface area (Å²) in [5.74, 6) is 2.48. The Kier molecular flexibility index (Phi) is 5.39. The molecule has 170 valence electrons. The molecule has 3 aromatic carbocycles. The van der Waals surface area contributed by atoms with E-state index < -0.39 is 0 Å². The fourth-order valence-corrected chi connectivity index (χ4v) is 4.48. The first-order valence-electron chi connectivity index (χ1n) is 11.7. The zero-order valence-electron chi connectivity index (χ0n) is 19.1. The van der Waals surface area contributed by atoms with Gasteiger partial charge >= 0.3 is 0 Å². The third-order valence-corrected chi connectivity index (χ3v) is 6.26. The Bertz CT molecular complexity index is 1510. The van der Waals surface area contributed by atoms with Crippen molar-refractivity contribution >= 4 is 17.3 Å². The highest BCUT2D eigenvalue weighted by Gasteiger charge is 2.24. The lowest BCUT2D eigenvalue weighted by molar-refractivity contribution is -0.118. The summed E-state index contributed by atoms with van der Waals surface area (Å²) < 4.78 is 2.04. The van der Waals surface area contributed by atoms with Gasteiger partial charge in [0.1, 0.15) is 5.78 Å². The molecule has 0 radical (unpaired) electrons. The number of anilines is 2. The highest BCUT2D eigenvalue weighted by atomic mass is 16.1. The van der Waals surface area contributed by atoms with Crippen LogP contribution in [0.5, 0.6) is 0 Å². The summed E-state index contributed by atoms with van der Waals surface area (Å²) >= 11 is 0. The number of carbonyl (C=O) groups is 1. The van der Waals surface area contributed by atoms with Gasteiger partial charge in [0, 0.05) is 30.2 Å². The summed E-state index contributed by atoms with van der Waals surface area (Å²) in [6.07, 6.45) is 3.51. The molecule has 2 aromatic heterocycles. The molecule has 1 N–H and O–H groups in total. The summed E-state index contributed by atoms with van der Waals surface area (Å²) in [5.41, 5.74) is 5.91. The summed E-state index contributed by atoms with van der Waals surface area (Å²) in [7, 11) is 0. The van der Waals surface area contributed by atoms with Crippen LogP contribution in [0.2, 0.25) is 0 Å². The van der Waals surface area contributed by atoms with Crippen molar-refractivity contribution in [3.8, 4) is 28.5 Å². The Morgan fingerprint density at radius 1 is 0.771 bits per heavy atom. The minimum absolute atomic E-state index is 0.237. The Balaban J connectivity index is 1.28. The van der Waals surface area contributed by atoms with Gasteiger partial charge in [-0.2, -0.15) is 0 Å². The number of nitrogens with one attached hydrogen (secondary N) is 1. The lowest BCUT2D eigenvalue weighted by atomic mass is 10.0. The number of pyridine rings is 1. The summed E-state index contributed by atoms with van der Waals surface area (Å²) in [4.78, 5) is 17.1.